The zero-order chi connectivity index (χ0) is 18.2. The second kappa shape index (κ2) is 9.11. The molecule has 3 aromatic rings. The number of rotatable bonds is 6. The zero-order valence-electron chi connectivity index (χ0n) is 14.4. The SMILES string of the molecule is Fc1ccc(NC(=S)N(CCc2ccccc2)Cc2ccccc2)cc1. The molecule has 0 fully saturated rings. The molecule has 26 heavy (non-hydrogen) atoms. The van der Waals surface area contributed by atoms with E-state index in [9.17, 15) is 4.39 Å². The minimum absolute atomic E-state index is 0.258. The second-order valence-corrected chi connectivity index (χ2v) is 6.47. The maximum Gasteiger partial charge on any atom is 0.173 e. The Hall–Kier alpha value is -2.72. The highest BCUT2D eigenvalue weighted by Crippen LogP contribution is 2.13. The third-order valence-electron chi connectivity index (χ3n) is 4.11. The van der Waals surface area contributed by atoms with E-state index in [-0.39, 0.29) is 5.82 Å². The van der Waals surface area contributed by atoms with Crippen LogP contribution < -0.4 is 5.32 Å². The van der Waals surface area contributed by atoms with Crippen molar-refractivity contribution in [3.8, 4) is 0 Å². The highest BCUT2D eigenvalue weighted by molar-refractivity contribution is 7.80. The maximum absolute atomic E-state index is 13.1. The molecule has 3 rings (SSSR count). The van der Waals surface area contributed by atoms with E-state index in [2.05, 4.69) is 34.5 Å². The van der Waals surface area contributed by atoms with E-state index in [1.165, 1.54) is 23.3 Å². The molecule has 0 aliphatic carbocycles. The number of hydrogen-bond acceptors (Lipinski definition) is 1. The number of halogens is 1. The summed E-state index contributed by atoms with van der Waals surface area (Å²) in [5.74, 6) is -0.258. The van der Waals surface area contributed by atoms with Gasteiger partial charge in [0.2, 0.25) is 0 Å². The zero-order valence-corrected chi connectivity index (χ0v) is 15.3. The van der Waals surface area contributed by atoms with Gasteiger partial charge < -0.3 is 10.2 Å². The van der Waals surface area contributed by atoms with Crippen LogP contribution in [0.1, 0.15) is 11.1 Å². The van der Waals surface area contributed by atoms with Gasteiger partial charge in [-0.15, -0.1) is 0 Å². The van der Waals surface area contributed by atoms with Crippen molar-refractivity contribution in [1.82, 2.24) is 4.90 Å². The van der Waals surface area contributed by atoms with Crippen molar-refractivity contribution in [3.05, 3.63) is 102 Å². The summed E-state index contributed by atoms with van der Waals surface area (Å²) >= 11 is 5.63. The summed E-state index contributed by atoms with van der Waals surface area (Å²) in [6.45, 7) is 1.52. The van der Waals surface area contributed by atoms with Gasteiger partial charge in [0, 0.05) is 18.8 Å². The summed E-state index contributed by atoms with van der Waals surface area (Å²) in [6, 6.07) is 26.9. The molecule has 132 valence electrons. The molecule has 0 amide bonds. The molecule has 0 bridgehead atoms. The lowest BCUT2D eigenvalue weighted by Crippen LogP contribution is -2.35. The molecule has 0 spiro atoms. The van der Waals surface area contributed by atoms with Crippen LogP contribution in [0.15, 0.2) is 84.9 Å². The van der Waals surface area contributed by atoms with Crippen molar-refractivity contribution >= 4 is 23.0 Å². The number of nitrogens with zero attached hydrogens (tertiary/aromatic N) is 1. The highest BCUT2D eigenvalue weighted by atomic mass is 32.1. The fraction of sp³-hybridized carbons (Fsp3) is 0.136. The van der Waals surface area contributed by atoms with E-state index in [0.717, 1.165) is 25.2 Å². The lowest BCUT2D eigenvalue weighted by Gasteiger charge is -2.26. The first-order valence-corrected chi connectivity index (χ1v) is 9.01. The summed E-state index contributed by atoms with van der Waals surface area (Å²) < 4.78 is 13.1. The van der Waals surface area contributed by atoms with Crippen molar-refractivity contribution in [2.75, 3.05) is 11.9 Å². The molecule has 0 atom stereocenters. The number of anilines is 1. The Morgan fingerprint density at radius 1 is 0.808 bits per heavy atom. The topological polar surface area (TPSA) is 15.3 Å². The molecule has 0 aliphatic rings. The average Bonchev–Trinajstić information content (AvgIpc) is 2.68. The summed E-state index contributed by atoms with van der Waals surface area (Å²) in [5, 5.41) is 3.85. The lowest BCUT2D eigenvalue weighted by molar-refractivity contribution is 0.423. The Morgan fingerprint density at radius 2 is 1.38 bits per heavy atom. The fourth-order valence-electron chi connectivity index (χ4n) is 2.70. The fourth-order valence-corrected chi connectivity index (χ4v) is 2.97. The summed E-state index contributed by atoms with van der Waals surface area (Å²) in [5.41, 5.74) is 3.26. The normalized spacial score (nSPS) is 10.3. The quantitative estimate of drug-likeness (QED) is 0.600. The molecule has 0 radical (unpaired) electrons. The number of benzene rings is 3. The molecule has 2 nitrogen and oxygen atoms in total. The highest BCUT2D eigenvalue weighted by Gasteiger charge is 2.11. The molecule has 0 aromatic heterocycles. The largest absolute Gasteiger partial charge is 0.344 e. The molecule has 4 heteroatoms. The molecule has 0 saturated carbocycles. The van der Waals surface area contributed by atoms with Gasteiger partial charge in [-0.2, -0.15) is 0 Å². The first-order chi connectivity index (χ1) is 12.7. The van der Waals surface area contributed by atoms with Crippen LogP contribution in [0.4, 0.5) is 10.1 Å². The van der Waals surface area contributed by atoms with Crippen LogP contribution in [0.2, 0.25) is 0 Å². The lowest BCUT2D eigenvalue weighted by atomic mass is 10.1. The van der Waals surface area contributed by atoms with Gasteiger partial charge in [0.15, 0.2) is 5.11 Å². The average molecular weight is 364 g/mol. The number of thiocarbonyl (C=S) groups is 1. The van der Waals surface area contributed by atoms with Crippen LogP contribution in [-0.4, -0.2) is 16.6 Å². The predicted octanol–water partition coefficient (Wildman–Crippen LogP) is 5.27. The Kier molecular flexibility index (Phi) is 6.34. The minimum atomic E-state index is -0.258. The smallest absolute Gasteiger partial charge is 0.173 e. The Morgan fingerprint density at radius 3 is 2.00 bits per heavy atom. The van der Waals surface area contributed by atoms with E-state index in [1.807, 2.05) is 36.4 Å². The molecule has 1 N–H and O–H groups in total. The van der Waals surface area contributed by atoms with E-state index >= 15 is 0 Å². The van der Waals surface area contributed by atoms with Gasteiger partial charge in [-0.1, -0.05) is 60.7 Å². The van der Waals surface area contributed by atoms with Crippen molar-refractivity contribution in [2.24, 2.45) is 0 Å². The molecule has 3 aromatic carbocycles. The van der Waals surface area contributed by atoms with Crippen molar-refractivity contribution in [1.29, 1.82) is 0 Å². The summed E-state index contributed by atoms with van der Waals surface area (Å²) in [7, 11) is 0. The van der Waals surface area contributed by atoms with Gasteiger partial charge in [0.05, 0.1) is 0 Å². The van der Waals surface area contributed by atoms with Crippen LogP contribution in [0.5, 0.6) is 0 Å². The van der Waals surface area contributed by atoms with Crippen LogP contribution >= 0.6 is 12.2 Å². The third-order valence-corrected chi connectivity index (χ3v) is 4.47. The molecular weight excluding hydrogens is 343 g/mol. The molecule has 0 unspecified atom stereocenters. The molecule has 0 heterocycles. The van der Waals surface area contributed by atoms with E-state index < -0.39 is 0 Å². The number of hydrogen-bond donors (Lipinski definition) is 1. The van der Waals surface area contributed by atoms with Crippen LogP contribution in [0.25, 0.3) is 0 Å². The summed E-state index contributed by atoms with van der Waals surface area (Å²) in [4.78, 5) is 2.14. The van der Waals surface area contributed by atoms with Crippen molar-refractivity contribution in [3.63, 3.8) is 0 Å². The van der Waals surface area contributed by atoms with Crippen LogP contribution in [-0.2, 0) is 13.0 Å². The van der Waals surface area contributed by atoms with E-state index in [0.29, 0.717) is 5.11 Å². The minimum Gasteiger partial charge on any atom is -0.344 e. The Bertz CT molecular complexity index is 820. The van der Waals surface area contributed by atoms with Gasteiger partial charge in [0.1, 0.15) is 5.82 Å². The first kappa shape index (κ1) is 18.1. The maximum atomic E-state index is 13.1. The number of nitrogens with one attached hydrogen (secondary N) is 1. The standard InChI is InChI=1S/C22H21FN2S/c23-20-11-13-21(14-12-20)24-22(26)25(17-19-9-5-2-6-10-19)16-15-18-7-3-1-4-8-18/h1-14H,15-17H2,(H,24,26). The Labute approximate surface area is 159 Å². The monoisotopic (exact) mass is 364 g/mol. The van der Waals surface area contributed by atoms with Gasteiger partial charge in [-0.3, -0.25) is 0 Å². The molecule has 0 aliphatic heterocycles. The van der Waals surface area contributed by atoms with Crippen LogP contribution in [0.3, 0.4) is 0 Å². The van der Waals surface area contributed by atoms with E-state index in [1.54, 1.807) is 12.1 Å². The van der Waals surface area contributed by atoms with Gasteiger partial charge in [0.25, 0.3) is 0 Å². The van der Waals surface area contributed by atoms with Gasteiger partial charge >= 0.3 is 0 Å². The van der Waals surface area contributed by atoms with Gasteiger partial charge in [-0.25, -0.2) is 4.39 Å². The molecular formula is C22H21FN2S. The Balaban J connectivity index is 1.70. The molecule has 0 saturated heterocycles. The predicted molar refractivity (Wildman–Crippen MR) is 110 cm³/mol. The van der Waals surface area contributed by atoms with E-state index in [4.69, 9.17) is 12.2 Å². The third kappa shape index (κ3) is 5.39. The van der Waals surface area contributed by atoms with Crippen LogP contribution in [0, 0.1) is 5.82 Å². The first-order valence-electron chi connectivity index (χ1n) is 8.60. The van der Waals surface area contributed by atoms with Crippen molar-refractivity contribution in [2.45, 2.75) is 13.0 Å². The second-order valence-electron chi connectivity index (χ2n) is 6.08. The van der Waals surface area contributed by atoms with Gasteiger partial charge in [-0.05, 0) is 54.0 Å². The van der Waals surface area contributed by atoms with Crippen molar-refractivity contribution < 1.29 is 4.39 Å². The summed E-state index contributed by atoms with van der Waals surface area (Å²) in [6.07, 6.45) is 0.902.